The number of rotatable bonds is 6. The molecule has 1 amide bonds. The Balaban J connectivity index is 2.16. The highest BCUT2D eigenvalue weighted by molar-refractivity contribution is 6.34. The van der Waals surface area contributed by atoms with E-state index >= 15 is 0 Å². The molecule has 0 unspecified atom stereocenters. The second kappa shape index (κ2) is 8.76. The lowest BCUT2D eigenvalue weighted by Crippen LogP contribution is -2.26. The summed E-state index contributed by atoms with van der Waals surface area (Å²) in [6.45, 7) is 2.44. The van der Waals surface area contributed by atoms with Crippen molar-refractivity contribution >= 4 is 40.5 Å². The third kappa shape index (κ3) is 3.94. The van der Waals surface area contributed by atoms with E-state index in [0.717, 1.165) is 16.5 Å². The fraction of sp³-hybridized carbons (Fsp3) is 0.182. The van der Waals surface area contributed by atoms with Crippen molar-refractivity contribution in [3.63, 3.8) is 0 Å². The summed E-state index contributed by atoms with van der Waals surface area (Å²) in [4.78, 5) is 24.5. The Bertz CT molecular complexity index is 1040. The first-order chi connectivity index (χ1) is 13.6. The predicted octanol–water partition coefficient (Wildman–Crippen LogP) is 4.04. The quantitative estimate of drug-likeness (QED) is 0.296. The van der Waals surface area contributed by atoms with Crippen LogP contribution in [0.3, 0.4) is 0 Å². The summed E-state index contributed by atoms with van der Waals surface area (Å²) in [6, 6.07) is 17.7. The summed E-state index contributed by atoms with van der Waals surface area (Å²) in [5.41, 5.74) is 2.54. The van der Waals surface area contributed by atoms with E-state index in [0.29, 0.717) is 17.3 Å². The van der Waals surface area contributed by atoms with E-state index in [9.17, 15) is 9.59 Å². The predicted molar refractivity (Wildman–Crippen MR) is 111 cm³/mol. The van der Waals surface area contributed by atoms with Gasteiger partial charge in [0.15, 0.2) is 0 Å². The van der Waals surface area contributed by atoms with Crippen LogP contribution in [0.4, 0.5) is 0 Å². The average molecular weight is 397 g/mol. The van der Waals surface area contributed by atoms with E-state index in [-0.39, 0.29) is 12.2 Å². The SMILES string of the molecule is CCOC(=O)/C(=C/c1c(Cl)n(Cc2ccccc2)c2ccccc12)C(=O)NC. The van der Waals surface area contributed by atoms with Crippen LogP contribution in [0.2, 0.25) is 5.15 Å². The lowest BCUT2D eigenvalue weighted by atomic mass is 10.1. The molecule has 28 heavy (non-hydrogen) atoms. The first-order valence-electron chi connectivity index (χ1n) is 8.98. The average Bonchev–Trinajstić information content (AvgIpc) is 2.98. The molecule has 0 aliphatic heterocycles. The molecule has 1 heterocycles. The molecule has 2 aromatic carbocycles. The number of ether oxygens (including phenoxy) is 1. The molecule has 0 radical (unpaired) electrons. The van der Waals surface area contributed by atoms with Gasteiger partial charge in [-0.25, -0.2) is 4.79 Å². The van der Waals surface area contributed by atoms with Crippen LogP contribution in [0, 0.1) is 0 Å². The maximum absolute atomic E-state index is 12.3. The molecular weight excluding hydrogens is 376 g/mol. The molecule has 5 nitrogen and oxygen atoms in total. The first kappa shape index (κ1) is 19.7. The zero-order valence-corrected chi connectivity index (χ0v) is 16.5. The summed E-state index contributed by atoms with van der Waals surface area (Å²) in [5, 5.41) is 3.79. The summed E-state index contributed by atoms with van der Waals surface area (Å²) in [6.07, 6.45) is 1.50. The van der Waals surface area contributed by atoms with Crippen LogP contribution in [0.5, 0.6) is 0 Å². The van der Waals surface area contributed by atoms with E-state index in [1.54, 1.807) is 6.92 Å². The van der Waals surface area contributed by atoms with Crippen LogP contribution < -0.4 is 5.32 Å². The van der Waals surface area contributed by atoms with Crippen molar-refractivity contribution in [3.8, 4) is 0 Å². The number of hydrogen-bond donors (Lipinski definition) is 1. The van der Waals surface area contributed by atoms with Crippen LogP contribution in [-0.2, 0) is 20.9 Å². The number of benzene rings is 2. The smallest absolute Gasteiger partial charge is 0.343 e. The highest BCUT2D eigenvalue weighted by atomic mass is 35.5. The van der Waals surface area contributed by atoms with Gasteiger partial charge >= 0.3 is 5.97 Å². The first-order valence-corrected chi connectivity index (χ1v) is 9.36. The molecule has 1 N–H and O–H groups in total. The van der Waals surface area contributed by atoms with Crippen molar-refractivity contribution in [2.75, 3.05) is 13.7 Å². The van der Waals surface area contributed by atoms with E-state index < -0.39 is 11.9 Å². The lowest BCUT2D eigenvalue weighted by Gasteiger charge is -2.08. The minimum absolute atomic E-state index is 0.0890. The molecule has 6 heteroatoms. The van der Waals surface area contributed by atoms with Crippen molar-refractivity contribution in [2.24, 2.45) is 0 Å². The monoisotopic (exact) mass is 396 g/mol. The fourth-order valence-electron chi connectivity index (χ4n) is 3.06. The highest BCUT2D eigenvalue weighted by Crippen LogP contribution is 2.32. The number of nitrogens with one attached hydrogen (secondary N) is 1. The number of fused-ring (bicyclic) bond motifs is 1. The van der Waals surface area contributed by atoms with Crippen molar-refractivity contribution in [1.82, 2.24) is 9.88 Å². The van der Waals surface area contributed by atoms with E-state index in [1.807, 2.05) is 59.2 Å². The van der Waals surface area contributed by atoms with Gasteiger partial charge in [0.05, 0.1) is 12.1 Å². The number of carbonyl (C=O) groups excluding carboxylic acids is 2. The Morgan fingerprint density at radius 2 is 1.79 bits per heavy atom. The zero-order valence-electron chi connectivity index (χ0n) is 15.7. The maximum atomic E-state index is 12.3. The van der Waals surface area contributed by atoms with E-state index in [1.165, 1.54) is 13.1 Å². The van der Waals surface area contributed by atoms with Crippen LogP contribution in [0.1, 0.15) is 18.1 Å². The topological polar surface area (TPSA) is 60.3 Å². The van der Waals surface area contributed by atoms with Gasteiger partial charge in [-0.05, 0) is 24.6 Å². The summed E-state index contributed by atoms with van der Waals surface area (Å²) >= 11 is 6.71. The molecule has 0 bridgehead atoms. The number of halogens is 1. The Labute approximate surface area is 168 Å². The van der Waals surface area contributed by atoms with Crippen molar-refractivity contribution in [2.45, 2.75) is 13.5 Å². The van der Waals surface area contributed by atoms with E-state index in [4.69, 9.17) is 16.3 Å². The van der Waals surface area contributed by atoms with Crippen LogP contribution >= 0.6 is 11.6 Å². The number of nitrogens with zero attached hydrogens (tertiary/aromatic N) is 1. The molecule has 3 aromatic rings. The van der Waals surface area contributed by atoms with Gasteiger partial charge < -0.3 is 14.6 Å². The zero-order chi connectivity index (χ0) is 20.1. The number of carbonyl (C=O) groups is 2. The van der Waals surface area contributed by atoms with Gasteiger partial charge in [-0.2, -0.15) is 0 Å². The number of aromatic nitrogens is 1. The molecule has 0 saturated heterocycles. The number of esters is 1. The molecule has 0 saturated carbocycles. The van der Waals surface area contributed by atoms with Crippen molar-refractivity contribution in [1.29, 1.82) is 0 Å². The minimum atomic E-state index is -0.683. The van der Waals surface area contributed by atoms with Crippen molar-refractivity contribution in [3.05, 3.63) is 76.5 Å². The van der Waals surface area contributed by atoms with Gasteiger partial charge in [-0.3, -0.25) is 4.79 Å². The third-order valence-corrected chi connectivity index (χ3v) is 4.79. The maximum Gasteiger partial charge on any atom is 0.343 e. The second-order valence-corrected chi connectivity index (χ2v) is 6.51. The summed E-state index contributed by atoms with van der Waals surface area (Å²) < 4.78 is 7.00. The van der Waals surface area contributed by atoms with Crippen LogP contribution in [0.15, 0.2) is 60.2 Å². The molecule has 0 fully saturated rings. The van der Waals surface area contributed by atoms with Crippen molar-refractivity contribution < 1.29 is 14.3 Å². The fourth-order valence-corrected chi connectivity index (χ4v) is 3.37. The number of hydrogen-bond acceptors (Lipinski definition) is 3. The van der Waals surface area contributed by atoms with Gasteiger partial charge in [-0.15, -0.1) is 0 Å². The second-order valence-electron chi connectivity index (χ2n) is 6.15. The Morgan fingerprint density at radius 1 is 1.11 bits per heavy atom. The molecule has 3 rings (SSSR count). The number of amides is 1. The van der Waals surface area contributed by atoms with Gasteiger partial charge in [0.2, 0.25) is 0 Å². The Hall–Kier alpha value is -3.05. The van der Waals surface area contributed by atoms with Gasteiger partial charge in [0.25, 0.3) is 5.91 Å². The third-order valence-electron chi connectivity index (χ3n) is 4.38. The lowest BCUT2D eigenvalue weighted by molar-refractivity contribution is -0.140. The largest absolute Gasteiger partial charge is 0.462 e. The van der Waals surface area contributed by atoms with Gasteiger partial charge in [0, 0.05) is 24.5 Å². The Morgan fingerprint density at radius 3 is 2.46 bits per heavy atom. The minimum Gasteiger partial charge on any atom is -0.462 e. The molecule has 0 atom stereocenters. The van der Waals surface area contributed by atoms with E-state index in [2.05, 4.69) is 5.32 Å². The van der Waals surface area contributed by atoms with Crippen LogP contribution in [0.25, 0.3) is 17.0 Å². The number of para-hydroxylation sites is 1. The molecule has 0 aliphatic rings. The molecule has 1 aromatic heterocycles. The standard InChI is InChI=1S/C22H21ClN2O3/c1-3-28-22(27)18(21(26)24-2)13-17-16-11-7-8-12-19(16)25(20(17)23)14-15-9-5-4-6-10-15/h4-13H,3,14H2,1-2H3,(H,24,26)/b18-13+. The highest BCUT2D eigenvalue weighted by Gasteiger charge is 2.22. The molecule has 144 valence electrons. The molecular formula is C22H21ClN2O3. The molecule has 0 spiro atoms. The molecule has 0 aliphatic carbocycles. The summed E-state index contributed by atoms with van der Waals surface area (Å²) in [5.74, 6) is -1.20. The Kier molecular flexibility index (Phi) is 6.16. The van der Waals surface area contributed by atoms with Gasteiger partial charge in [0.1, 0.15) is 10.7 Å². The van der Waals surface area contributed by atoms with Gasteiger partial charge in [-0.1, -0.05) is 60.1 Å². The normalized spacial score (nSPS) is 11.5. The van der Waals surface area contributed by atoms with Crippen LogP contribution in [-0.4, -0.2) is 30.1 Å². The number of likely N-dealkylation sites (N-methyl/N-ethyl adjacent to an activating group) is 1. The summed E-state index contributed by atoms with van der Waals surface area (Å²) in [7, 11) is 1.47.